The molecule has 23 heavy (non-hydrogen) atoms. The zero-order chi connectivity index (χ0) is 16.8. The van der Waals surface area contributed by atoms with E-state index < -0.39 is 11.9 Å². The molecule has 0 saturated heterocycles. The number of benzene rings is 1. The average Bonchev–Trinajstić information content (AvgIpc) is 3.01. The van der Waals surface area contributed by atoms with E-state index in [-0.39, 0.29) is 24.5 Å². The first-order valence-corrected chi connectivity index (χ1v) is 7.09. The molecule has 0 saturated carbocycles. The molecule has 2 aromatic rings. The van der Waals surface area contributed by atoms with Gasteiger partial charge in [0.05, 0.1) is 24.8 Å². The fraction of sp³-hybridized carbons (Fsp3) is 0.235. The minimum atomic E-state index is -0.726. The molecule has 6 nitrogen and oxygen atoms in total. The molecule has 0 N–H and O–H groups in total. The Bertz CT molecular complexity index is 717. The Hall–Kier alpha value is -3.07. The number of hydrogen-bond acceptors (Lipinski definition) is 6. The number of nitrogens with zero attached hydrogens (tertiary/aromatic N) is 1. The van der Waals surface area contributed by atoms with E-state index in [1.807, 2.05) is 6.07 Å². The van der Waals surface area contributed by atoms with E-state index in [4.69, 9.17) is 19.2 Å². The standard InChI is InChI=1S/C17H15NO5/c1-3-21-16(19)13-9-14(23-15(13)17(20)22-4-2)12-7-5-11(10-18)6-8-12/h5-9H,3-4H2,1-2H3. The Morgan fingerprint density at radius 3 is 2.26 bits per heavy atom. The highest BCUT2D eigenvalue weighted by Crippen LogP contribution is 2.27. The fourth-order valence-corrected chi connectivity index (χ4v) is 1.95. The molecule has 0 atom stereocenters. The quantitative estimate of drug-likeness (QED) is 0.788. The number of hydrogen-bond donors (Lipinski definition) is 0. The minimum absolute atomic E-state index is 0.0182. The van der Waals surface area contributed by atoms with Gasteiger partial charge in [-0.15, -0.1) is 0 Å². The number of rotatable bonds is 5. The van der Waals surface area contributed by atoms with Gasteiger partial charge in [-0.25, -0.2) is 9.59 Å². The van der Waals surface area contributed by atoms with E-state index in [2.05, 4.69) is 0 Å². The number of carbonyl (C=O) groups excluding carboxylic acids is 2. The molecule has 0 fully saturated rings. The summed E-state index contributed by atoms with van der Waals surface area (Å²) in [4.78, 5) is 23.9. The van der Waals surface area contributed by atoms with E-state index in [0.717, 1.165) is 0 Å². The van der Waals surface area contributed by atoms with E-state index in [9.17, 15) is 9.59 Å². The molecule has 1 aromatic carbocycles. The van der Waals surface area contributed by atoms with Gasteiger partial charge in [0.2, 0.25) is 5.76 Å². The maximum absolute atomic E-state index is 12.0. The Morgan fingerprint density at radius 2 is 1.70 bits per heavy atom. The SMILES string of the molecule is CCOC(=O)c1cc(-c2ccc(C#N)cc2)oc1C(=O)OCC. The van der Waals surface area contributed by atoms with Crippen LogP contribution >= 0.6 is 0 Å². The molecule has 0 aliphatic rings. The summed E-state index contributed by atoms with van der Waals surface area (Å²) < 4.78 is 15.3. The van der Waals surface area contributed by atoms with E-state index in [0.29, 0.717) is 16.9 Å². The molecule has 0 radical (unpaired) electrons. The molecule has 6 heteroatoms. The van der Waals surface area contributed by atoms with Crippen LogP contribution in [-0.2, 0) is 9.47 Å². The molecule has 0 bridgehead atoms. The van der Waals surface area contributed by atoms with Gasteiger partial charge in [-0.1, -0.05) is 0 Å². The van der Waals surface area contributed by atoms with Crippen LogP contribution in [0.1, 0.15) is 40.3 Å². The predicted octanol–water partition coefficient (Wildman–Crippen LogP) is 3.17. The largest absolute Gasteiger partial charge is 0.462 e. The Balaban J connectivity index is 2.45. The second-order valence-electron chi connectivity index (χ2n) is 4.48. The molecule has 118 valence electrons. The van der Waals surface area contributed by atoms with Crippen LogP contribution in [0.15, 0.2) is 34.7 Å². The number of esters is 2. The van der Waals surface area contributed by atoms with Crippen LogP contribution in [0.5, 0.6) is 0 Å². The monoisotopic (exact) mass is 313 g/mol. The maximum Gasteiger partial charge on any atom is 0.375 e. The van der Waals surface area contributed by atoms with Gasteiger partial charge in [0, 0.05) is 5.56 Å². The van der Waals surface area contributed by atoms with Crippen LogP contribution < -0.4 is 0 Å². The Kier molecular flexibility index (Phi) is 5.15. The first kappa shape index (κ1) is 16.3. The summed E-state index contributed by atoms with van der Waals surface area (Å²) in [6.07, 6.45) is 0. The Labute approximate surface area is 133 Å². The first-order chi connectivity index (χ1) is 11.1. The van der Waals surface area contributed by atoms with Gasteiger partial charge in [-0.2, -0.15) is 5.26 Å². The van der Waals surface area contributed by atoms with Gasteiger partial charge >= 0.3 is 11.9 Å². The van der Waals surface area contributed by atoms with Crippen LogP contribution in [0.4, 0.5) is 0 Å². The summed E-state index contributed by atoms with van der Waals surface area (Å²) in [5.74, 6) is -1.25. The highest BCUT2D eigenvalue weighted by Gasteiger charge is 2.26. The zero-order valence-electron chi connectivity index (χ0n) is 12.8. The predicted molar refractivity (Wildman–Crippen MR) is 80.8 cm³/mol. The van der Waals surface area contributed by atoms with Gasteiger partial charge < -0.3 is 13.9 Å². The summed E-state index contributed by atoms with van der Waals surface area (Å²) in [6.45, 7) is 3.67. The molecular formula is C17H15NO5. The van der Waals surface area contributed by atoms with Gasteiger partial charge in [0.25, 0.3) is 0 Å². The summed E-state index contributed by atoms with van der Waals surface area (Å²) in [7, 11) is 0. The lowest BCUT2D eigenvalue weighted by molar-refractivity contribution is 0.0452. The smallest absolute Gasteiger partial charge is 0.375 e. The molecule has 1 heterocycles. The molecule has 0 aliphatic carbocycles. The molecule has 0 amide bonds. The van der Waals surface area contributed by atoms with Crippen molar-refractivity contribution in [2.75, 3.05) is 13.2 Å². The van der Waals surface area contributed by atoms with Crippen LogP contribution in [0.2, 0.25) is 0 Å². The third-order valence-electron chi connectivity index (χ3n) is 2.99. The average molecular weight is 313 g/mol. The van der Waals surface area contributed by atoms with Crippen molar-refractivity contribution in [1.82, 2.24) is 0 Å². The molecule has 2 rings (SSSR count). The van der Waals surface area contributed by atoms with Crippen molar-refractivity contribution in [3.05, 3.63) is 47.2 Å². The van der Waals surface area contributed by atoms with Gasteiger partial charge in [0.1, 0.15) is 11.3 Å². The summed E-state index contributed by atoms with van der Waals surface area (Å²) in [6, 6.07) is 10.0. The van der Waals surface area contributed by atoms with E-state index in [1.165, 1.54) is 6.07 Å². The van der Waals surface area contributed by atoms with Crippen molar-refractivity contribution < 1.29 is 23.5 Å². The second-order valence-corrected chi connectivity index (χ2v) is 4.48. The molecular weight excluding hydrogens is 298 g/mol. The highest BCUT2D eigenvalue weighted by atomic mass is 16.5. The van der Waals surface area contributed by atoms with Crippen molar-refractivity contribution in [1.29, 1.82) is 5.26 Å². The summed E-state index contributed by atoms with van der Waals surface area (Å²) in [5.41, 5.74) is 1.14. The zero-order valence-corrected chi connectivity index (χ0v) is 12.8. The van der Waals surface area contributed by atoms with Crippen molar-refractivity contribution in [2.45, 2.75) is 13.8 Å². The maximum atomic E-state index is 12.0. The van der Waals surface area contributed by atoms with Crippen LogP contribution in [0.25, 0.3) is 11.3 Å². The van der Waals surface area contributed by atoms with Crippen LogP contribution in [0.3, 0.4) is 0 Å². The summed E-state index contributed by atoms with van der Waals surface area (Å²) >= 11 is 0. The molecule has 0 aliphatic heterocycles. The topological polar surface area (TPSA) is 89.5 Å². The fourth-order valence-electron chi connectivity index (χ4n) is 1.95. The number of carbonyl (C=O) groups is 2. The molecule has 1 aromatic heterocycles. The van der Waals surface area contributed by atoms with Gasteiger partial charge in [0.15, 0.2) is 0 Å². The molecule has 0 spiro atoms. The normalized spacial score (nSPS) is 9.96. The lowest BCUT2D eigenvalue weighted by atomic mass is 10.1. The number of ether oxygens (including phenoxy) is 2. The molecule has 0 unspecified atom stereocenters. The lowest BCUT2D eigenvalue weighted by Crippen LogP contribution is -2.11. The van der Waals surface area contributed by atoms with Crippen molar-refractivity contribution in [2.24, 2.45) is 0 Å². The van der Waals surface area contributed by atoms with Crippen LogP contribution in [-0.4, -0.2) is 25.2 Å². The number of nitriles is 1. The minimum Gasteiger partial charge on any atom is -0.462 e. The third-order valence-corrected chi connectivity index (χ3v) is 2.99. The highest BCUT2D eigenvalue weighted by molar-refractivity contribution is 6.02. The van der Waals surface area contributed by atoms with Crippen molar-refractivity contribution in [3.8, 4) is 17.4 Å². The van der Waals surface area contributed by atoms with E-state index in [1.54, 1.807) is 38.1 Å². The van der Waals surface area contributed by atoms with Gasteiger partial charge in [-0.05, 0) is 44.2 Å². The summed E-state index contributed by atoms with van der Waals surface area (Å²) in [5, 5.41) is 8.82. The van der Waals surface area contributed by atoms with Crippen molar-refractivity contribution >= 4 is 11.9 Å². The van der Waals surface area contributed by atoms with Crippen molar-refractivity contribution in [3.63, 3.8) is 0 Å². The lowest BCUT2D eigenvalue weighted by Gasteiger charge is -2.02. The number of furan rings is 1. The third kappa shape index (κ3) is 3.58. The van der Waals surface area contributed by atoms with Gasteiger partial charge in [-0.3, -0.25) is 0 Å². The second kappa shape index (κ2) is 7.27. The first-order valence-electron chi connectivity index (χ1n) is 7.09. The van der Waals surface area contributed by atoms with E-state index >= 15 is 0 Å². The Morgan fingerprint density at radius 1 is 1.09 bits per heavy atom. The van der Waals surface area contributed by atoms with Crippen LogP contribution in [0, 0.1) is 11.3 Å².